The Hall–Kier alpha value is -3.40. The Balaban J connectivity index is 1.59. The highest BCUT2D eigenvalue weighted by Gasteiger charge is 2.15. The molecule has 1 atom stereocenters. The number of nitriles is 1. The van der Waals surface area contributed by atoms with Crippen LogP contribution in [-0.2, 0) is 4.79 Å². The summed E-state index contributed by atoms with van der Waals surface area (Å²) in [7, 11) is 0. The first-order chi connectivity index (χ1) is 11.7. The van der Waals surface area contributed by atoms with Crippen LogP contribution in [0.5, 0.6) is 5.75 Å². The van der Waals surface area contributed by atoms with Crippen molar-refractivity contribution in [1.29, 1.82) is 5.26 Å². The molecule has 0 aliphatic rings. The molecule has 3 aromatic rings. The Morgan fingerprint density at radius 3 is 2.83 bits per heavy atom. The minimum absolute atomic E-state index is 0.118. The molecular formula is C17H15N5O2. The number of carbonyl (C=O) groups excluding carboxylic acids is 1. The molecule has 1 amide bonds. The van der Waals surface area contributed by atoms with Crippen LogP contribution in [0.15, 0.2) is 48.7 Å². The molecule has 2 aromatic heterocycles. The normalized spacial score (nSPS) is 11.7. The topological polar surface area (TPSA) is 92.3 Å². The maximum Gasteiger partial charge on any atom is 0.258 e. The number of carbonyl (C=O) groups is 1. The van der Waals surface area contributed by atoms with E-state index < -0.39 is 0 Å². The minimum Gasteiger partial charge on any atom is -0.484 e. The highest BCUT2D eigenvalue weighted by atomic mass is 16.5. The van der Waals surface area contributed by atoms with Crippen molar-refractivity contribution in [3.05, 3.63) is 60.0 Å². The summed E-state index contributed by atoms with van der Waals surface area (Å²) in [5.74, 6) is 0.918. The fraction of sp³-hybridized carbons (Fsp3) is 0.176. The van der Waals surface area contributed by atoms with Crippen LogP contribution in [0.4, 0.5) is 0 Å². The molecule has 0 aliphatic carbocycles. The van der Waals surface area contributed by atoms with Crippen molar-refractivity contribution in [2.45, 2.75) is 13.0 Å². The van der Waals surface area contributed by atoms with E-state index in [1.165, 1.54) is 0 Å². The zero-order valence-electron chi connectivity index (χ0n) is 13.0. The number of rotatable bonds is 5. The number of nitrogens with one attached hydrogen (secondary N) is 1. The minimum atomic E-state index is -0.306. The van der Waals surface area contributed by atoms with Crippen molar-refractivity contribution >= 4 is 11.6 Å². The summed E-state index contributed by atoms with van der Waals surface area (Å²) < 4.78 is 7.23. The number of fused-ring (bicyclic) bond motifs is 1. The zero-order valence-corrected chi connectivity index (χ0v) is 13.0. The van der Waals surface area contributed by atoms with Crippen LogP contribution < -0.4 is 10.1 Å². The Morgan fingerprint density at radius 2 is 2.08 bits per heavy atom. The van der Waals surface area contributed by atoms with Gasteiger partial charge in [-0.25, -0.2) is 0 Å². The van der Waals surface area contributed by atoms with Crippen molar-refractivity contribution in [2.75, 3.05) is 6.61 Å². The maximum atomic E-state index is 12.0. The molecule has 0 spiro atoms. The Bertz CT molecular complexity index is 895. The molecule has 7 nitrogen and oxygen atoms in total. The highest BCUT2D eigenvalue weighted by Crippen LogP contribution is 2.13. The molecule has 1 unspecified atom stereocenters. The van der Waals surface area contributed by atoms with Gasteiger partial charge >= 0.3 is 0 Å². The molecule has 24 heavy (non-hydrogen) atoms. The number of hydrogen-bond donors (Lipinski definition) is 1. The van der Waals surface area contributed by atoms with Gasteiger partial charge in [0, 0.05) is 6.20 Å². The van der Waals surface area contributed by atoms with E-state index in [0.29, 0.717) is 17.1 Å². The quantitative estimate of drug-likeness (QED) is 0.774. The van der Waals surface area contributed by atoms with Crippen LogP contribution in [0.2, 0.25) is 0 Å². The number of hydrogen-bond acceptors (Lipinski definition) is 5. The van der Waals surface area contributed by atoms with Gasteiger partial charge < -0.3 is 10.1 Å². The number of benzene rings is 1. The van der Waals surface area contributed by atoms with Crippen molar-refractivity contribution in [3.8, 4) is 11.8 Å². The van der Waals surface area contributed by atoms with Gasteiger partial charge in [-0.05, 0) is 43.3 Å². The van der Waals surface area contributed by atoms with E-state index in [2.05, 4.69) is 15.5 Å². The lowest BCUT2D eigenvalue weighted by molar-refractivity contribution is -0.123. The second-order valence-corrected chi connectivity index (χ2v) is 5.20. The van der Waals surface area contributed by atoms with Crippen molar-refractivity contribution < 1.29 is 9.53 Å². The van der Waals surface area contributed by atoms with Gasteiger partial charge in [0.15, 0.2) is 18.1 Å². The molecule has 1 aromatic carbocycles. The first kappa shape index (κ1) is 15.5. The molecule has 2 heterocycles. The average molecular weight is 321 g/mol. The lowest BCUT2D eigenvalue weighted by Crippen LogP contribution is -2.32. The van der Waals surface area contributed by atoms with Crippen LogP contribution in [0, 0.1) is 11.3 Å². The number of ether oxygens (including phenoxy) is 1. The van der Waals surface area contributed by atoms with E-state index in [1.807, 2.05) is 41.8 Å². The molecule has 0 aliphatic heterocycles. The predicted molar refractivity (Wildman–Crippen MR) is 86.2 cm³/mol. The van der Waals surface area contributed by atoms with Crippen LogP contribution in [0.25, 0.3) is 5.65 Å². The van der Waals surface area contributed by atoms with Gasteiger partial charge in [-0.2, -0.15) is 5.26 Å². The van der Waals surface area contributed by atoms with Gasteiger partial charge in [-0.3, -0.25) is 9.20 Å². The van der Waals surface area contributed by atoms with Gasteiger partial charge in [0.1, 0.15) is 5.75 Å². The van der Waals surface area contributed by atoms with Gasteiger partial charge in [-0.1, -0.05) is 6.07 Å². The summed E-state index contributed by atoms with van der Waals surface area (Å²) in [6.45, 7) is 1.72. The van der Waals surface area contributed by atoms with Crippen molar-refractivity contribution in [3.63, 3.8) is 0 Å². The number of pyridine rings is 1. The molecule has 0 fully saturated rings. The SMILES string of the molecule is CC(NC(=O)COc1ccc(C#N)cc1)c1nnc2ccccn12. The molecule has 0 radical (unpaired) electrons. The summed E-state index contributed by atoms with van der Waals surface area (Å²) in [5, 5.41) is 19.7. The van der Waals surface area contributed by atoms with Gasteiger partial charge in [0.25, 0.3) is 5.91 Å². The predicted octanol–water partition coefficient (Wildman–Crippen LogP) is 1.86. The fourth-order valence-electron chi connectivity index (χ4n) is 2.28. The molecule has 120 valence electrons. The molecule has 7 heteroatoms. The summed E-state index contributed by atoms with van der Waals surface area (Å²) in [4.78, 5) is 12.0. The van der Waals surface area contributed by atoms with E-state index in [4.69, 9.17) is 10.00 Å². The molecular weight excluding hydrogens is 306 g/mol. The van der Waals surface area contributed by atoms with Gasteiger partial charge in [-0.15, -0.1) is 10.2 Å². The van der Waals surface area contributed by atoms with Crippen LogP contribution >= 0.6 is 0 Å². The lowest BCUT2D eigenvalue weighted by Gasteiger charge is -2.13. The van der Waals surface area contributed by atoms with Gasteiger partial charge in [0.05, 0.1) is 17.7 Å². The Labute approximate surface area is 138 Å². The number of aromatic nitrogens is 3. The van der Waals surface area contributed by atoms with E-state index in [1.54, 1.807) is 24.3 Å². The first-order valence-electron chi connectivity index (χ1n) is 7.39. The first-order valence-corrected chi connectivity index (χ1v) is 7.39. The van der Waals surface area contributed by atoms with E-state index in [-0.39, 0.29) is 18.6 Å². The van der Waals surface area contributed by atoms with Crippen LogP contribution in [-0.4, -0.2) is 27.1 Å². The number of amides is 1. The summed E-state index contributed by atoms with van der Waals surface area (Å²) >= 11 is 0. The third-order valence-corrected chi connectivity index (χ3v) is 3.46. The molecule has 3 rings (SSSR count). The van der Waals surface area contributed by atoms with Crippen molar-refractivity contribution in [2.24, 2.45) is 0 Å². The molecule has 0 saturated carbocycles. The van der Waals surface area contributed by atoms with Crippen LogP contribution in [0.1, 0.15) is 24.4 Å². The maximum absolute atomic E-state index is 12.0. The van der Waals surface area contributed by atoms with Crippen molar-refractivity contribution in [1.82, 2.24) is 19.9 Å². The monoisotopic (exact) mass is 321 g/mol. The highest BCUT2D eigenvalue weighted by molar-refractivity contribution is 5.77. The fourth-order valence-corrected chi connectivity index (χ4v) is 2.28. The molecule has 0 saturated heterocycles. The second-order valence-electron chi connectivity index (χ2n) is 5.20. The smallest absolute Gasteiger partial charge is 0.258 e. The second kappa shape index (κ2) is 6.79. The van der Waals surface area contributed by atoms with E-state index in [0.717, 1.165) is 5.65 Å². The zero-order chi connectivity index (χ0) is 16.9. The third-order valence-electron chi connectivity index (χ3n) is 3.46. The Kier molecular flexibility index (Phi) is 4.38. The molecule has 1 N–H and O–H groups in total. The third kappa shape index (κ3) is 3.33. The standard InChI is InChI=1S/C17H15N5O2/c1-12(17-21-20-15-4-2-3-9-22(15)17)19-16(23)11-24-14-7-5-13(10-18)6-8-14/h2-9,12H,11H2,1H3,(H,19,23). The van der Waals surface area contributed by atoms with E-state index >= 15 is 0 Å². The largest absolute Gasteiger partial charge is 0.484 e. The Morgan fingerprint density at radius 1 is 1.29 bits per heavy atom. The summed E-state index contributed by atoms with van der Waals surface area (Å²) in [5.41, 5.74) is 1.27. The summed E-state index contributed by atoms with van der Waals surface area (Å²) in [6.07, 6.45) is 1.85. The summed E-state index contributed by atoms with van der Waals surface area (Å²) in [6, 6.07) is 13.9. The average Bonchev–Trinajstić information content (AvgIpc) is 3.04. The van der Waals surface area contributed by atoms with Crippen LogP contribution in [0.3, 0.4) is 0 Å². The molecule has 0 bridgehead atoms. The van der Waals surface area contributed by atoms with Gasteiger partial charge in [0.2, 0.25) is 0 Å². The number of nitrogens with zero attached hydrogens (tertiary/aromatic N) is 4. The lowest BCUT2D eigenvalue weighted by atomic mass is 10.2. The van der Waals surface area contributed by atoms with E-state index in [9.17, 15) is 4.79 Å².